The summed E-state index contributed by atoms with van der Waals surface area (Å²) in [5.74, 6) is -0.613. The van der Waals surface area contributed by atoms with Crippen LogP contribution in [0.15, 0.2) is 45.6 Å². The van der Waals surface area contributed by atoms with Gasteiger partial charge in [0, 0.05) is 17.0 Å². The van der Waals surface area contributed by atoms with Crippen LogP contribution in [-0.4, -0.2) is 5.97 Å². The minimum atomic E-state index is -0.613. The Morgan fingerprint density at radius 1 is 1.16 bits per heavy atom. The van der Waals surface area contributed by atoms with Gasteiger partial charge in [0.05, 0.1) is 15.6 Å². The van der Waals surface area contributed by atoms with E-state index in [9.17, 15) is 9.59 Å². The van der Waals surface area contributed by atoms with Crippen molar-refractivity contribution in [2.75, 3.05) is 0 Å². The molecule has 2 aromatic carbocycles. The van der Waals surface area contributed by atoms with E-state index in [2.05, 4.69) is 0 Å². The van der Waals surface area contributed by atoms with E-state index in [-0.39, 0.29) is 22.2 Å². The van der Waals surface area contributed by atoms with Crippen LogP contribution in [0.25, 0.3) is 11.0 Å². The van der Waals surface area contributed by atoms with Gasteiger partial charge in [-0.1, -0.05) is 41.4 Å². The lowest BCUT2D eigenvalue weighted by atomic mass is 10.0. The summed E-state index contributed by atoms with van der Waals surface area (Å²) < 4.78 is 10.6. The molecule has 0 aliphatic heterocycles. The molecule has 128 valence electrons. The molecule has 1 aromatic heterocycles. The van der Waals surface area contributed by atoms with Crippen LogP contribution in [0, 0.1) is 13.8 Å². The first-order valence-electron chi connectivity index (χ1n) is 7.52. The lowest BCUT2D eigenvalue weighted by Crippen LogP contribution is -2.09. The van der Waals surface area contributed by atoms with Gasteiger partial charge in [0.1, 0.15) is 12.2 Å². The molecule has 0 atom stereocenters. The topological polar surface area (TPSA) is 56.5 Å². The van der Waals surface area contributed by atoms with E-state index in [4.69, 9.17) is 32.4 Å². The molecule has 0 aliphatic rings. The van der Waals surface area contributed by atoms with Gasteiger partial charge >= 0.3 is 11.6 Å². The quantitative estimate of drug-likeness (QED) is 0.472. The predicted octanol–water partition coefficient (Wildman–Crippen LogP) is 5.07. The lowest BCUT2D eigenvalue weighted by Gasteiger charge is -2.10. The van der Waals surface area contributed by atoms with Gasteiger partial charge in [0.15, 0.2) is 0 Å². The zero-order chi connectivity index (χ0) is 18.1. The van der Waals surface area contributed by atoms with E-state index in [0.717, 1.165) is 16.5 Å². The van der Waals surface area contributed by atoms with Crippen LogP contribution >= 0.6 is 23.2 Å². The minimum Gasteiger partial charge on any atom is -0.457 e. The summed E-state index contributed by atoms with van der Waals surface area (Å²) in [6, 6.07) is 9.82. The van der Waals surface area contributed by atoms with E-state index >= 15 is 0 Å². The van der Waals surface area contributed by atoms with E-state index in [0.29, 0.717) is 11.1 Å². The van der Waals surface area contributed by atoms with Gasteiger partial charge in [-0.25, -0.2) is 9.59 Å². The summed E-state index contributed by atoms with van der Waals surface area (Å²) in [5.41, 5.74) is 2.64. The Balaban J connectivity index is 1.94. The summed E-state index contributed by atoms with van der Waals surface area (Å²) in [6.45, 7) is 3.73. The van der Waals surface area contributed by atoms with Crippen LogP contribution < -0.4 is 5.63 Å². The fourth-order valence-corrected chi connectivity index (χ4v) is 2.90. The molecular formula is C19H14Cl2O4. The third-order valence-electron chi connectivity index (χ3n) is 4.05. The zero-order valence-corrected chi connectivity index (χ0v) is 15.1. The highest BCUT2D eigenvalue weighted by molar-refractivity contribution is 6.43. The molecular weight excluding hydrogens is 363 g/mol. The summed E-state index contributed by atoms with van der Waals surface area (Å²) in [5, 5.41) is 1.14. The summed E-state index contributed by atoms with van der Waals surface area (Å²) in [4.78, 5) is 24.1. The van der Waals surface area contributed by atoms with Crippen molar-refractivity contribution in [2.45, 2.75) is 20.5 Å². The smallest absolute Gasteiger partial charge is 0.340 e. The normalized spacial score (nSPS) is 10.9. The number of rotatable bonds is 3. The van der Waals surface area contributed by atoms with Crippen LogP contribution in [0.4, 0.5) is 0 Å². The molecule has 0 fully saturated rings. The number of carbonyl (C=O) groups is 1. The minimum absolute atomic E-state index is 0.0771. The van der Waals surface area contributed by atoms with Crippen molar-refractivity contribution >= 4 is 40.1 Å². The van der Waals surface area contributed by atoms with Crippen LogP contribution in [0.3, 0.4) is 0 Å². The second kappa shape index (κ2) is 6.90. The molecule has 0 saturated heterocycles. The second-order valence-electron chi connectivity index (χ2n) is 5.65. The number of halogens is 2. The first-order valence-corrected chi connectivity index (χ1v) is 8.28. The van der Waals surface area contributed by atoms with Crippen molar-refractivity contribution in [1.29, 1.82) is 0 Å². The molecule has 3 aromatic rings. The van der Waals surface area contributed by atoms with Crippen LogP contribution in [0.1, 0.15) is 27.0 Å². The van der Waals surface area contributed by atoms with Crippen molar-refractivity contribution in [3.8, 4) is 0 Å². The van der Waals surface area contributed by atoms with Gasteiger partial charge in [-0.3, -0.25) is 0 Å². The van der Waals surface area contributed by atoms with Crippen molar-refractivity contribution in [3.05, 3.63) is 79.1 Å². The number of carbonyl (C=O) groups excluding carboxylic acids is 1. The molecule has 0 unspecified atom stereocenters. The predicted molar refractivity (Wildman–Crippen MR) is 97.5 cm³/mol. The van der Waals surface area contributed by atoms with Crippen molar-refractivity contribution in [3.63, 3.8) is 0 Å². The average molecular weight is 377 g/mol. The van der Waals surface area contributed by atoms with Gasteiger partial charge in [0.25, 0.3) is 0 Å². The fourth-order valence-electron chi connectivity index (χ4n) is 2.53. The van der Waals surface area contributed by atoms with Gasteiger partial charge in [-0.2, -0.15) is 0 Å². The Hall–Kier alpha value is -2.30. The number of hydrogen-bond donors (Lipinski definition) is 0. The first kappa shape index (κ1) is 17.5. The number of esters is 1. The van der Waals surface area contributed by atoms with Crippen LogP contribution in [0.5, 0.6) is 0 Å². The Labute approximate surface area is 153 Å². The maximum absolute atomic E-state index is 12.3. The SMILES string of the molecule is Cc1ccc2c(COC(=O)c3cccc(Cl)c3Cl)cc(=O)oc2c1C. The van der Waals surface area contributed by atoms with Crippen LogP contribution in [-0.2, 0) is 11.3 Å². The maximum atomic E-state index is 12.3. The largest absolute Gasteiger partial charge is 0.457 e. The highest BCUT2D eigenvalue weighted by Gasteiger charge is 2.16. The molecule has 25 heavy (non-hydrogen) atoms. The Kier molecular flexibility index (Phi) is 4.84. The molecule has 0 bridgehead atoms. The third kappa shape index (κ3) is 3.41. The summed E-state index contributed by atoms with van der Waals surface area (Å²) >= 11 is 11.9. The highest BCUT2D eigenvalue weighted by Crippen LogP contribution is 2.27. The number of ether oxygens (including phenoxy) is 1. The number of benzene rings is 2. The zero-order valence-electron chi connectivity index (χ0n) is 13.6. The van der Waals surface area contributed by atoms with Crippen LogP contribution in [0.2, 0.25) is 10.0 Å². The molecule has 3 rings (SSSR count). The van der Waals surface area contributed by atoms with Crippen molar-refractivity contribution in [2.24, 2.45) is 0 Å². The number of aryl methyl sites for hydroxylation is 2. The van der Waals surface area contributed by atoms with Crippen molar-refractivity contribution in [1.82, 2.24) is 0 Å². The Bertz CT molecular complexity index is 1040. The average Bonchev–Trinajstić information content (AvgIpc) is 2.58. The van der Waals surface area contributed by atoms with E-state index in [1.165, 1.54) is 12.1 Å². The molecule has 1 heterocycles. The molecule has 0 radical (unpaired) electrons. The molecule has 0 spiro atoms. The van der Waals surface area contributed by atoms with Gasteiger partial charge in [-0.15, -0.1) is 0 Å². The number of fused-ring (bicyclic) bond motifs is 1. The van der Waals surface area contributed by atoms with Gasteiger partial charge in [-0.05, 0) is 37.1 Å². The van der Waals surface area contributed by atoms with Gasteiger partial charge < -0.3 is 9.15 Å². The maximum Gasteiger partial charge on any atom is 0.340 e. The fraction of sp³-hybridized carbons (Fsp3) is 0.158. The molecule has 0 aliphatic carbocycles. The highest BCUT2D eigenvalue weighted by atomic mass is 35.5. The molecule has 0 N–H and O–H groups in total. The second-order valence-corrected chi connectivity index (χ2v) is 6.44. The lowest BCUT2D eigenvalue weighted by molar-refractivity contribution is 0.0474. The Morgan fingerprint density at radius 2 is 1.92 bits per heavy atom. The summed E-state index contributed by atoms with van der Waals surface area (Å²) in [7, 11) is 0. The molecule has 4 nitrogen and oxygen atoms in total. The number of hydrogen-bond acceptors (Lipinski definition) is 4. The van der Waals surface area contributed by atoms with Gasteiger partial charge in [0.2, 0.25) is 0 Å². The Morgan fingerprint density at radius 3 is 2.68 bits per heavy atom. The first-order chi connectivity index (χ1) is 11.9. The van der Waals surface area contributed by atoms with Crippen molar-refractivity contribution < 1.29 is 13.9 Å². The van der Waals surface area contributed by atoms with E-state index in [1.54, 1.807) is 12.1 Å². The molecule has 6 heteroatoms. The monoisotopic (exact) mass is 376 g/mol. The molecule has 0 saturated carbocycles. The standard InChI is InChI=1S/C19H14Cl2O4/c1-10-6-7-13-12(8-16(22)25-18(13)11(10)2)9-24-19(23)14-4-3-5-15(20)17(14)21/h3-8H,9H2,1-2H3. The van der Waals surface area contributed by atoms with E-state index < -0.39 is 11.6 Å². The summed E-state index contributed by atoms with van der Waals surface area (Å²) in [6.07, 6.45) is 0. The third-order valence-corrected chi connectivity index (χ3v) is 4.87. The molecule has 0 amide bonds. The van der Waals surface area contributed by atoms with E-state index in [1.807, 2.05) is 26.0 Å².